The van der Waals surface area contributed by atoms with Crippen molar-refractivity contribution in [2.45, 2.75) is 49.7 Å². The highest BCUT2D eigenvalue weighted by Crippen LogP contribution is 2.30. The molecule has 1 aromatic heterocycles. The van der Waals surface area contributed by atoms with E-state index in [1.54, 1.807) is 11.8 Å². The number of aromatic amines is 1. The van der Waals surface area contributed by atoms with Gasteiger partial charge in [-0.3, -0.25) is 5.10 Å². The van der Waals surface area contributed by atoms with Crippen LogP contribution in [-0.2, 0) is 6.42 Å². The van der Waals surface area contributed by atoms with E-state index < -0.39 is 6.10 Å². The van der Waals surface area contributed by atoms with Gasteiger partial charge >= 0.3 is 0 Å². The van der Waals surface area contributed by atoms with E-state index >= 15 is 0 Å². The Kier molecular flexibility index (Phi) is 6.04. The first-order valence-corrected chi connectivity index (χ1v) is 9.93. The molecule has 0 amide bonds. The number of rotatable bonds is 6. The van der Waals surface area contributed by atoms with E-state index in [1.807, 2.05) is 6.92 Å². The molecule has 0 saturated heterocycles. The number of hydrogen-bond acceptors (Lipinski definition) is 5. The van der Waals surface area contributed by atoms with Gasteiger partial charge in [0.15, 0.2) is 0 Å². The summed E-state index contributed by atoms with van der Waals surface area (Å²) in [5, 5.41) is 26.7. The highest BCUT2D eigenvalue weighted by molar-refractivity contribution is 7.98. The largest absolute Gasteiger partial charge is 0.473 e. The third-order valence-electron chi connectivity index (χ3n) is 4.85. The van der Waals surface area contributed by atoms with Crippen molar-refractivity contribution in [2.24, 2.45) is 5.92 Å². The Bertz CT molecular complexity index is 686. The van der Waals surface area contributed by atoms with E-state index in [4.69, 9.17) is 4.74 Å². The molecule has 2 aromatic rings. The second-order valence-electron chi connectivity index (χ2n) is 6.81. The van der Waals surface area contributed by atoms with Crippen LogP contribution in [0.2, 0.25) is 0 Å². The van der Waals surface area contributed by atoms with Crippen LogP contribution in [0.5, 0.6) is 5.88 Å². The zero-order chi connectivity index (χ0) is 17.8. The molecule has 1 aliphatic rings. The van der Waals surface area contributed by atoms with E-state index in [0.29, 0.717) is 18.7 Å². The summed E-state index contributed by atoms with van der Waals surface area (Å²) in [4.78, 5) is 1.25. The Hall–Kier alpha value is -1.50. The molecule has 1 aliphatic carbocycles. The molecule has 3 atom stereocenters. The lowest BCUT2D eigenvalue weighted by Gasteiger charge is -2.31. The van der Waals surface area contributed by atoms with Crippen LogP contribution in [0.25, 0.3) is 0 Å². The molecule has 136 valence electrons. The minimum absolute atomic E-state index is 0.0885. The second kappa shape index (κ2) is 8.25. The SMILES string of the molecule is CSc1ccc(Cc2c(O[C@H]3C[C@@H](O)C[C@@H](CO)C3)n[nH]c2C)cc1. The number of nitrogens with one attached hydrogen (secondary N) is 1. The van der Waals surface area contributed by atoms with Crippen LogP contribution in [0, 0.1) is 12.8 Å². The smallest absolute Gasteiger partial charge is 0.236 e. The van der Waals surface area contributed by atoms with Gasteiger partial charge in [0, 0.05) is 35.6 Å². The molecule has 0 spiro atoms. The fraction of sp³-hybridized carbons (Fsp3) is 0.526. The molecular formula is C19H26N2O3S. The molecule has 25 heavy (non-hydrogen) atoms. The summed E-state index contributed by atoms with van der Waals surface area (Å²) in [5.41, 5.74) is 3.26. The first-order chi connectivity index (χ1) is 12.1. The van der Waals surface area contributed by atoms with Crippen molar-refractivity contribution in [1.29, 1.82) is 0 Å². The van der Waals surface area contributed by atoms with Gasteiger partial charge in [-0.2, -0.15) is 0 Å². The molecule has 1 fully saturated rings. The summed E-state index contributed by atoms with van der Waals surface area (Å²) in [7, 11) is 0. The topological polar surface area (TPSA) is 78.4 Å². The van der Waals surface area contributed by atoms with E-state index in [2.05, 4.69) is 40.7 Å². The Morgan fingerprint density at radius 3 is 2.68 bits per heavy atom. The third kappa shape index (κ3) is 4.57. The van der Waals surface area contributed by atoms with Crippen LogP contribution in [-0.4, -0.2) is 45.5 Å². The Labute approximate surface area is 152 Å². The number of aromatic nitrogens is 2. The number of benzene rings is 1. The molecule has 1 heterocycles. The second-order valence-corrected chi connectivity index (χ2v) is 7.69. The lowest BCUT2D eigenvalue weighted by atomic mass is 9.86. The van der Waals surface area contributed by atoms with Gasteiger partial charge in [-0.25, -0.2) is 0 Å². The fourth-order valence-electron chi connectivity index (χ4n) is 3.44. The van der Waals surface area contributed by atoms with Gasteiger partial charge < -0.3 is 14.9 Å². The lowest BCUT2D eigenvalue weighted by molar-refractivity contribution is 0.00866. The van der Waals surface area contributed by atoms with Crippen LogP contribution in [0.4, 0.5) is 0 Å². The van der Waals surface area contributed by atoms with Crippen LogP contribution >= 0.6 is 11.8 Å². The molecular weight excluding hydrogens is 336 g/mol. The van der Waals surface area contributed by atoms with Gasteiger partial charge in [-0.15, -0.1) is 16.9 Å². The normalized spacial score (nSPS) is 23.6. The molecule has 3 rings (SSSR count). The molecule has 0 bridgehead atoms. The predicted octanol–water partition coefficient (Wildman–Crippen LogP) is 2.93. The minimum atomic E-state index is -0.418. The average Bonchev–Trinajstić information content (AvgIpc) is 2.95. The summed E-state index contributed by atoms with van der Waals surface area (Å²) in [6, 6.07) is 8.51. The van der Waals surface area contributed by atoms with E-state index in [0.717, 1.165) is 24.1 Å². The molecule has 6 heteroatoms. The van der Waals surface area contributed by atoms with Crippen molar-refractivity contribution in [3.05, 3.63) is 41.1 Å². The Balaban J connectivity index is 1.72. The molecule has 1 aromatic carbocycles. The third-order valence-corrected chi connectivity index (χ3v) is 5.59. The summed E-state index contributed by atoms with van der Waals surface area (Å²) >= 11 is 1.73. The monoisotopic (exact) mass is 362 g/mol. The van der Waals surface area contributed by atoms with Gasteiger partial charge in [0.25, 0.3) is 0 Å². The number of H-pyrrole nitrogens is 1. The zero-order valence-corrected chi connectivity index (χ0v) is 15.6. The number of hydrogen-bond donors (Lipinski definition) is 3. The van der Waals surface area contributed by atoms with Crippen molar-refractivity contribution in [1.82, 2.24) is 10.2 Å². The number of thioether (sulfide) groups is 1. The van der Waals surface area contributed by atoms with E-state index in [9.17, 15) is 10.2 Å². The van der Waals surface area contributed by atoms with Crippen molar-refractivity contribution in [3.8, 4) is 5.88 Å². The predicted molar refractivity (Wildman–Crippen MR) is 99.2 cm³/mol. The molecule has 0 unspecified atom stereocenters. The van der Waals surface area contributed by atoms with Crippen molar-refractivity contribution in [3.63, 3.8) is 0 Å². The molecule has 5 nitrogen and oxygen atoms in total. The number of aliphatic hydroxyl groups is 2. The lowest BCUT2D eigenvalue weighted by Crippen LogP contribution is -2.35. The van der Waals surface area contributed by atoms with Crippen LogP contribution in [0.15, 0.2) is 29.2 Å². The summed E-state index contributed by atoms with van der Waals surface area (Å²) in [5.74, 6) is 0.707. The maximum Gasteiger partial charge on any atom is 0.236 e. The Morgan fingerprint density at radius 2 is 2.00 bits per heavy atom. The maximum atomic E-state index is 10.00. The summed E-state index contributed by atoms with van der Waals surface area (Å²) < 4.78 is 6.11. The van der Waals surface area contributed by atoms with Gasteiger partial charge in [-0.05, 0) is 49.6 Å². The Morgan fingerprint density at radius 1 is 1.24 bits per heavy atom. The van der Waals surface area contributed by atoms with Crippen molar-refractivity contribution in [2.75, 3.05) is 12.9 Å². The number of aryl methyl sites for hydroxylation is 1. The van der Waals surface area contributed by atoms with Crippen LogP contribution in [0.1, 0.15) is 36.1 Å². The van der Waals surface area contributed by atoms with Crippen LogP contribution < -0.4 is 4.74 Å². The van der Waals surface area contributed by atoms with Gasteiger partial charge in [0.05, 0.1) is 6.10 Å². The summed E-state index contributed by atoms with van der Waals surface area (Å²) in [6.07, 6.45) is 4.28. The van der Waals surface area contributed by atoms with E-state index in [1.165, 1.54) is 10.5 Å². The van der Waals surface area contributed by atoms with Crippen molar-refractivity contribution < 1.29 is 14.9 Å². The average molecular weight is 362 g/mol. The summed E-state index contributed by atoms with van der Waals surface area (Å²) in [6.45, 7) is 2.09. The molecule has 0 aliphatic heterocycles. The minimum Gasteiger partial charge on any atom is -0.473 e. The van der Waals surface area contributed by atoms with Gasteiger partial charge in [0.1, 0.15) is 6.10 Å². The number of nitrogens with zero attached hydrogens (tertiary/aromatic N) is 1. The molecule has 0 radical (unpaired) electrons. The van der Waals surface area contributed by atoms with Gasteiger partial charge in [-0.1, -0.05) is 12.1 Å². The van der Waals surface area contributed by atoms with Crippen LogP contribution in [0.3, 0.4) is 0 Å². The quantitative estimate of drug-likeness (QED) is 0.689. The first-order valence-electron chi connectivity index (χ1n) is 8.71. The van der Waals surface area contributed by atoms with Gasteiger partial charge in [0.2, 0.25) is 5.88 Å². The highest BCUT2D eigenvalue weighted by atomic mass is 32.2. The molecule has 1 saturated carbocycles. The maximum absolute atomic E-state index is 10.00. The molecule has 3 N–H and O–H groups in total. The fourth-order valence-corrected chi connectivity index (χ4v) is 3.84. The number of ether oxygens (including phenoxy) is 1. The zero-order valence-electron chi connectivity index (χ0n) is 14.7. The first kappa shape index (κ1) is 18.3. The standard InChI is InChI=1S/C19H26N2O3S/c1-12-18(9-13-3-5-17(25-2)6-4-13)19(21-20-12)24-16-8-14(11-22)7-15(23)10-16/h3-6,14-16,22-23H,7-11H2,1-2H3,(H,20,21)/t14-,15+,16-/m1/s1. The van der Waals surface area contributed by atoms with E-state index in [-0.39, 0.29) is 18.6 Å². The highest BCUT2D eigenvalue weighted by Gasteiger charge is 2.29. The number of aliphatic hydroxyl groups excluding tert-OH is 2. The van der Waals surface area contributed by atoms with Crippen molar-refractivity contribution >= 4 is 11.8 Å².